The molecule has 0 heterocycles. The monoisotopic (exact) mass is 401 g/mol. The fourth-order valence-electron chi connectivity index (χ4n) is 1.87. The molecular formula is C14H9Cl2F4NO2S. The fourth-order valence-corrected chi connectivity index (χ4v) is 3.64. The second-order valence-corrected chi connectivity index (χ2v) is 7.25. The van der Waals surface area contributed by atoms with Gasteiger partial charge >= 0.3 is 6.18 Å². The Hall–Kier alpha value is -1.35. The first kappa shape index (κ1) is 19.0. The molecule has 130 valence electrons. The lowest BCUT2D eigenvalue weighted by molar-refractivity contribution is -0.140. The molecule has 0 aromatic heterocycles. The molecule has 0 amide bonds. The van der Waals surface area contributed by atoms with Crippen LogP contribution in [-0.2, 0) is 22.7 Å². The zero-order chi connectivity index (χ0) is 18.1. The van der Waals surface area contributed by atoms with Crippen molar-refractivity contribution in [3.63, 3.8) is 0 Å². The molecule has 2 aromatic carbocycles. The molecule has 0 fully saturated rings. The van der Waals surface area contributed by atoms with E-state index < -0.39 is 39.7 Å². The highest BCUT2D eigenvalue weighted by Crippen LogP contribution is 2.32. The van der Waals surface area contributed by atoms with Crippen molar-refractivity contribution in [2.45, 2.75) is 17.6 Å². The molecular weight excluding hydrogens is 393 g/mol. The van der Waals surface area contributed by atoms with Gasteiger partial charge in [-0.2, -0.15) is 13.2 Å². The van der Waals surface area contributed by atoms with Crippen LogP contribution in [0.4, 0.5) is 17.6 Å². The minimum Gasteiger partial charge on any atom is -0.207 e. The normalized spacial score (nSPS) is 12.4. The average molecular weight is 402 g/mol. The van der Waals surface area contributed by atoms with Gasteiger partial charge in [0.15, 0.2) is 0 Å². The third-order valence-electron chi connectivity index (χ3n) is 3.02. The highest BCUT2D eigenvalue weighted by molar-refractivity contribution is 7.89. The lowest BCUT2D eigenvalue weighted by Gasteiger charge is -2.12. The van der Waals surface area contributed by atoms with E-state index in [4.69, 9.17) is 23.2 Å². The summed E-state index contributed by atoms with van der Waals surface area (Å²) >= 11 is 11.5. The van der Waals surface area contributed by atoms with Crippen molar-refractivity contribution in [3.05, 3.63) is 63.4 Å². The van der Waals surface area contributed by atoms with Crippen LogP contribution in [0, 0.1) is 5.82 Å². The third-order valence-corrected chi connectivity index (χ3v) is 5.14. The van der Waals surface area contributed by atoms with Gasteiger partial charge in [0.25, 0.3) is 0 Å². The summed E-state index contributed by atoms with van der Waals surface area (Å²) in [5, 5.41) is -0.0264. The summed E-state index contributed by atoms with van der Waals surface area (Å²) in [6.45, 7) is -0.680. The molecule has 24 heavy (non-hydrogen) atoms. The number of rotatable bonds is 4. The topological polar surface area (TPSA) is 46.2 Å². The smallest absolute Gasteiger partial charge is 0.207 e. The number of alkyl halides is 3. The van der Waals surface area contributed by atoms with E-state index in [0.717, 1.165) is 18.2 Å². The van der Waals surface area contributed by atoms with E-state index in [1.165, 1.54) is 12.1 Å². The van der Waals surface area contributed by atoms with Crippen LogP contribution in [0.5, 0.6) is 0 Å². The van der Waals surface area contributed by atoms with E-state index in [1.54, 1.807) is 0 Å². The standard InChI is InChI=1S/C14H9Cl2F4NO2S/c15-9-4-5-11(16)12(6-9)24(22,23)21-7-8-2-1-3-10(13(8)17)14(18,19)20/h1-6,21H,7H2. The van der Waals surface area contributed by atoms with Crippen molar-refractivity contribution < 1.29 is 26.0 Å². The predicted octanol–water partition coefficient (Wildman–Crippen LogP) is 4.63. The lowest BCUT2D eigenvalue weighted by Crippen LogP contribution is -2.24. The molecule has 2 aromatic rings. The molecule has 0 saturated heterocycles. The van der Waals surface area contributed by atoms with Crippen molar-refractivity contribution in [1.29, 1.82) is 0 Å². The van der Waals surface area contributed by atoms with Gasteiger partial charge < -0.3 is 0 Å². The Bertz CT molecular complexity index is 870. The molecule has 0 unspecified atom stereocenters. The molecule has 0 spiro atoms. The Labute approximate surface area is 145 Å². The first-order valence-electron chi connectivity index (χ1n) is 6.31. The maximum Gasteiger partial charge on any atom is 0.419 e. The molecule has 1 N–H and O–H groups in total. The van der Waals surface area contributed by atoms with Gasteiger partial charge in [0.2, 0.25) is 10.0 Å². The van der Waals surface area contributed by atoms with E-state index in [0.29, 0.717) is 6.07 Å². The van der Waals surface area contributed by atoms with E-state index in [2.05, 4.69) is 0 Å². The first-order chi connectivity index (χ1) is 11.0. The van der Waals surface area contributed by atoms with Crippen molar-refractivity contribution in [1.82, 2.24) is 4.72 Å². The van der Waals surface area contributed by atoms with Crippen LogP contribution < -0.4 is 4.72 Å². The van der Waals surface area contributed by atoms with E-state index in [-0.39, 0.29) is 14.9 Å². The fraction of sp³-hybridized carbons (Fsp3) is 0.143. The van der Waals surface area contributed by atoms with Gasteiger partial charge in [-0.05, 0) is 24.3 Å². The van der Waals surface area contributed by atoms with Gasteiger partial charge in [0, 0.05) is 17.1 Å². The van der Waals surface area contributed by atoms with Crippen molar-refractivity contribution in [2.75, 3.05) is 0 Å². The van der Waals surface area contributed by atoms with Gasteiger partial charge in [-0.3, -0.25) is 0 Å². The summed E-state index contributed by atoms with van der Waals surface area (Å²) in [4.78, 5) is -0.357. The van der Waals surface area contributed by atoms with E-state index >= 15 is 0 Å². The van der Waals surface area contributed by atoms with Crippen LogP contribution in [0.2, 0.25) is 10.0 Å². The van der Waals surface area contributed by atoms with Crippen LogP contribution in [0.3, 0.4) is 0 Å². The molecule has 10 heteroatoms. The minimum absolute atomic E-state index is 0.102. The number of halogens is 6. The molecule has 0 aliphatic rings. The van der Waals surface area contributed by atoms with Crippen molar-refractivity contribution in [2.24, 2.45) is 0 Å². The molecule has 0 saturated carbocycles. The summed E-state index contributed by atoms with van der Waals surface area (Å²) in [6.07, 6.45) is -4.88. The Morgan fingerprint density at radius 3 is 2.38 bits per heavy atom. The summed E-state index contributed by atoms with van der Waals surface area (Å²) in [5.41, 5.74) is -1.92. The minimum atomic E-state index is -4.88. The van der Waals surface area contributed by atoms with Gasteiger partial charge in [-0.1, -0.05) is 35.3 Å². The quantitative estimate of drug-likeness (QED) is 0.759. The van der Waals surface area contributed by atoms with Crippen LogP contribution in [-0.4, -0.2) is 8.42 Å². The molecule has 3 nitrogen and oxygen atoms in total. The molecule has 0 aliphatic heterocycles. The lowest BCUT2D eigenvalue weighted by atomic mass is 10.1. The van der Waals surface area contributed by atoms with Crippen LogP contribution >= 0.6 is 23.2 Å². The van der Waals surface area contributed by atoms with Gasteiger partial charge in [0.05, 0.1) is 10.6 Å². The number of sulfonamides is 1. The summed E-state index contributed by atoms with van der Waals surface area (Å²) < 4.78 is 78.2. The summed E-state index contributed by atoms with van der Waals surface area (Å²) in [5.74, 6) is -1.54. The zero-order valence-corrected chi connectivity index (χ0v) is 14.0. The molecule has 0 aliphatic carbocycles. The highest BCUT2D eigenvalue weighted by Gasteiger charge is 2.34. The second-order valence-electron chi connectivity index (χ2n) is 4.68. The maximum atomic E-state index is 13.9. The van der Waals surface area contributed by atoms with Crippen molar-refractivity contribution in [3.8, 4) is 0 Å². The molecule has 0 radical (unpaired) electrons. The average Bonchev–Trinajstić information content (AvgIpc) is 2.47. The van der Waals surface area contributed by atoms with E-state index in [1.807, 2.05) is 4.72 Å². The van der Waals surface area contributed by atoms with Crippen LogP contribution in [0.15, 0.2) is 41.3 Å². The Balaban J connectivity index is 2.29. The van der Waals surface area contributed by atoms with Crippen molar-refractivity contribution >= 4 is 33.2 Å². The molecule has 2 rings (SSSR count). The third kappa shape index (κ3) is 4.18. The number of hydrogen-bond acceptors (Lipinski definition) is 2. The van der Waals surface area contributed by atoms with Crippen LogP contribution in [0.1, 0.15) is 11.1 Å². The first-order valence-corrected chi connectivity index (χ1v) is 8.55. The maximum absolute atomic E-state index is 13.9. The molecule has 0 bridgehead atoms. The van der Waals surface area contributed by atoms with Gasteiger partial charge in [-0.15, -0.1) is 0 Å². The second kappa shape index (κ2) is 6.87. The Morgan fingerprint density at radius 1 is 1.08 bits per heavy atom. The molecule has 0 atom stereocenters. The number of hydrogen-bond donors (Lipinski definition) is 1. The number of benzene rings is 2. The largest absolute Gasteiger partial charge is 0.419 e. The summed E-state index contributed by atoms with van der Waals surface area (Å²) in [7, 11) is -4.19. The predicted molar refractivity (Wildman–Crippen MR) is 81.9 cm³/mol. The number of nitrogens with one attached hydrogen (secondary N) is 1. The summed E-state index contributed by atoms with van der Waals surface area (Å²) in [6, 6.07) is 6.31. The van der Waals surface area contributed by atoms with Gasteiger partial charge in [0.1, 0.15) is 10.7 Å². The Kier molecular flexibility index (Phi) is 5.44. The SMILES string of the molecule is O=S(=O)(NCc1cccc(C(F)(F)F)c1F)c1cc(Cl)ccc1Cl. The zero-order valence-electron chi connectivity index (χ0n) is 11.7. The van der Waals surface area contributed by atoms with Gasteiger partial charge in [-0.25, -0.2) is 17.5 Å². The van der Waals surface area contributed by atoms with Crippen LogP contribution in [0.25, 0.3) is 0 Å². The van der Waals surface area contributed by atoms with E-state index in [9.17, 15) is 26.0 Å². The Morgan fingerprint density at radius 2 is 1.75 bits per heavy atom. The highest BCUT2D eigenvalue weighted by atomic mass is 35.5.